The van der Waals surface area contributed by atoms with Crippen molar-refractivity contribution in [2.24, 2.45) is 0 Å². The van der Waals surface area contributed by atoms with Crippen molar-refractivity contribution in [1.29, 1.82) is 0 Å². The van der Waals surface area contributed by atoms with Crippen LogP contribution in [0, 0.1) is 6.92 Å². The van der Waals surface area contributed by atoms with E-state index in [9.17, 15) is 0 Å². The molecule has 17 heavy (non-hydrogen) atoms. The maximum absolute atomic E-state index is 6.03. The molecule has 0 atom stereocenters. The third-order valence-electron chi connectivity index (χ3n) is 2.15. The Bertz CT molecular complexity index is 565. The molecular formula is C11H6Br2Cl2N2. The van der Waals surface area contributed by atoms with Gasteiger partial charge in [0, 0.05) is 10.0 Å². The van der Waals surface area contributed by atoms with Crippen molar-refractivity contribution in [3.63, 3.8) is 0 Å². The minimum atomic E-state index is 0.395. The maximum atomic E-state index is 6.03. The molecule has 1 heterocycles. The first-order valence-corrected chi connectivity index (χ1v) is 6.98. The van der Waals surface area contributed by atoms with E-state index >= 15 is 0 Å². The molecule has 6 heteroatoms. The summed E-state index contributed by atoms with van der Waals surface area (Å²) in [4.78, 5) is 8.57. The van der Waals surface area contributed by atoms with Crippen LogP contribution >= 0.6 is 55.1 Å². The third-order valence-corrected chi connectivity index (χ3v) is 4.84. The molecule has 88 valence electrons. The summed E-state index contributed by atoms with van der Waals surface area (Å²) < 4.78 is 1.55. The van der Waals surface area contributed by atoms with Gasteiger partial charge in [-0.15, -0.1) is 0 Å². The zero-order valence-corrected chi connectivity index (χ0v) is 13.3. The molecule has 0 saturated carbocycles. The smallest absolute Gasteiger partial charge is 0.161 e. The minimum Gasteiger partial charge on any atom is -0.232 e. The van der Waals surface area contributed by atoms with E-state index in [1.54, 1.807) is 6.07 Å². The molecule has 0 saturated heterocycles. The second-order valence-electron chi connectivity index (χ2n) is 3.37. The van der Waals surface area contributed by atoms with E-state index in [0.29, 0.717) is 20.5 Å². The predicted molar refractivity (Wildman–Crippen MR) is 77.6 cm³/mol. The summed E-state index contributed by atoms with van der Waals surface area (Å²) in [5.74, 6) is 0.560. The summed E-state index contributed by atoms with van der Waals surface area (Å²) in [6.45, 7) is 1.86. The van der Waals surface area contributed by atoms with Crippen molar-refractivity contribution >= 4 is 55.1 Å². The van der Waals surface area contributed by atoms with Crippen molar-refractivity contribution in [3.05, 3.63) is 43.0 Å². The number of hydrogen-bond acceptors (Lipinski definition) is 2. The van der Waals surface area contributed by atoms with Crippen LogP contribution in [-0.2, 0) is 0 Å². The first-order valence-electron chi connectivity index (χ1n) is 4.64. The molecule has 2 nitrogen and oxygen atoms in total. The van der Waals surface area contributed by atoms with Gasteiger partial charge in [0.15, 0.2) is 5.82 Å². The van der Waals surface area contributed by atoms with Crippen LogP contribution in [0.4, 0.5) is 0 Å². The monoisotopic (exact) mass is 394 g/mol. The summed E-state index contributed by atoms with van der Waals surface area (Å²) in [5.41, 5.74) is 1.62. The highest BCUT2D eigenvalue weighted by molar-refractivity contribution is 9.10. The fourth-order valence-corrected chi connectivity index (χ4v) is 2.11. The predicted octanol–water partition coefficient (Wildman–Crippen LogP) is 5.28. The largest absolute Gasteiger partial charge is 0.232 e. The van der Waals surface area contributed by atoms with Crippen LogP contribution in [0.15, 0.2) is 27.1 Å². The highest BCUT2D eigenvalue weighted by Crippen LogP contribution is 2.30. The molecule has 0 spiro atoms. The number of aromatic nitrogens is 2. The van der Waals surface area contributed by atoms with E-state index in [4.69, 9.17) is 23.2 Å². The summed E-state index contributed by atoms with van der Waals surface area (Å²) in [7, 11) is 0. The van der Waals surface area contributed by atoms with Gasteiger partial charge in [0.25, 0.3) is 0 Å². The summed E-state index contributed by atoms with van der Waals surface area (Å²) in [6, 6.07) is 5.53. The lowest BCUT2D eigenvalue weighted by atomic mass is 10.2. The molecule has 0 amide bonds. The van der Waals surface area contributed by atoms with Gasteiger partial charge in [-0.05, 0) is 57.0 Å². The van der Waals surface area contributed by atoms with Gasteiger partial charge in [-0.1, -0.05) is 23.2 Å². The molecule has 2 aromatic rings. The quantitative estimate of drug-likeness (QED) is 0.612. The van der Waals surface area contributed by atoms with Crippen LogP contribution in [0.2, 0.25) is 10.2 Å². The number of halogens is 4. The van der Waals surface area contributed by atoms with Gasteiger partial charge in [-0.3, -0.25) is 0 Å². The van der Waals surface area contributed by atoms with E-state index in [2.05, 4.69) is 41.8 Å². The minimum absolute atomic E-state index is 0.395. The van der Waals surface area contributed by atoms with Crippen molar-refractivity contribution in [3.8, 4) is 11.4 Å². The van der Waals surface area contributed by atoms with Crippen LogP contribution in [0.3, 0.4) is 0 Å². The number of aryl methyl sites for hydroxylation is 1. The molecule has 1 aromatic heterocycles. The first-order chi connectivity index (χ1) is 7.99. The summed E-state index contributed by atoms with van der Waals surface area (Å²) >= 11 is 18.7. The standard InChI is InChI=1S/C11H6Br2Cl2N2/c1-5-9(13)10(15)17-11(16-5)6-2-3-7(12)8(14)4-6/h2-4H,1H3. The molecule has 0 aliphatic carbocycles. The lowest BCUT2D eigenvalue weighted by Crippen LogP contribution is -1.94. The zero-order valence-electron chi connectivity index (χ0n) is 8.64. The zero-order chi connectivity index (χ0) is 12.6. The topological polar surface area (TPSA) is 25.8 Å². The average molecular weight is 397 g/mol. The van der Waals surface area contributed by atoms with Crippen molar-refractivity contribution in [2.75, 3.05) is 0 Å². The molecule has 0 radical (unpaired) electrons. The highest BCUT2D eigenvalue weighted by atomic mass is 79.9. The van der Waals surface area contributed by atoms with E-state index in [1.807, 2.05) is 19.1 Å². The number of hydrogen-bond donors (Lipinski definition) is 0. The van der Waals surface area contributed by atoms with Gasteiger partial charge < -0.3 is 0 Å². The number of benzene rings is 1. The van der Waals surface area contributed by atoms with Gasteiger partial charge in [-0.2, -0.15) is 0 Å². The van der Waals surface area contributed by atoms with E-state index in [1.165, 1.54) is 0 Å². The van der Waals surface area contributed by atoms with Gasteiger partial charge in [0.2, 0.25) is 0 Å². The maximum Gasteiger partial charge on any atom is 0.161 e. The van der Waals surface area contributed by atoms with Gasteiger partial charge >= 0.3 is 0 Å². The van der Waals surface area contributed by atoms with E-state index in [-0.39, 0.29) is 0 Å². The van der Waals surface area contributed by atoms with Crippen LogP contribution in [0.1, 0.15) is 5.69 Å². The van der Waals surface area contributed by atoms with Crippen molar-refractivity contribution < 1.29 is 0 Å². The Labute approximate surface area is 126 Å². The van der Waals surface area contributed by atoms with Gasteiger partial charge in [-0.25, -0.2) is 9.97 Å². The Balaban J connectivity index is 2.57. The van der Waals surface area contributed by atoms with E-state index in [0.717, 1.165) is 15.7 Å². The fraction of sp³-hybridized carbons (Fsp3) is 0.0909. The van der Waals surface area contributed by atoms with Crippen molar-refractivity contribution in [2.45, 2.75) is 6.92 Å². The van der Waals surface area contributed by atoms with Crippen LogP contribution in [0.25, 0.3) is 11.4 Å². The highest BCUT2D eigenvalue weighted by Gasteiger charge is 2.10. The molecular weight excluding hydrogens is 391 g/mol. The molecule has 0 aliphatic rings. The molecule has 0 N–H and O–H groups in total. The van der Waals surface area contributed by atoms with E-state index < -0.39 is 0 Å². The molecule has 0 unspecified atom stereocenters. The van der Waals surface area contributed by atoms with Crippen LogP contribution in [0.5, 0.6) is 0 Å². The summed E-state index contributed by atoms with van der Waals surface area (Å²) in [6.07, 6.45) is 0. The molecule has 2 rings (SSSR count). The second-order valence-corrected chi connectivity index (χ2v) is 5.78. The first kappa shape index (κ1) is 13.3. The Kier molecular flexibility index (Phi) is 4.08. The SMILES string of the molecule is Cc1nc(-c2ccc(Br)c(Cl)c2)nc(Cl)c1Br. The van der Waals surface area contributed by atoms with Gasteiger partial charge in [0.1, 0.15) is 5.15 Å². The van der Waals surface area contributed by atoms with Crippen molar-refractivity contribution in [1.82, 2.24) is 9.97 Å². The van der Waals surface area contributed by atoms with Crippen LogP contribution in [-0.4, -0.2) is 9.97 Å². The summed E-state index contributed by atoms with van der Waals surface area (Å²) in [5, 5.41) is 1.01. The number of nitrogens with zero attached hydrogens (tertiary/aromatic N) is 2. The van der Waals surface area contributed by atoms with Gasteiger partial charge in [0.05, 0.1) is 15.2 Å². The Hall–Kier alpha value is -0.160. The molecule has 0 bridgehead atoms. The normalized spacial score (nSPS) is 10.6. The average Bonchev–Trinajstić information content (AvgIpc) is 2.29. The Morgan fingerprint density at radius 2 is 1.82 bits per heavy atom. The molecule has 0 fully saturated rings. The number of rotatable bonds is 1. The third kappa shape index (κ3) is 2.81. The second kappa shape index (κ2) is 5.22. The Morgan fingerprint density at radius 1 is 1.12 bits per heavy atom. The molecule has 1 aromatic carbocycles. The van der Waals surface area contributed by atoms with Crippen LogP contribution < -0.4 is 0 Å². The fourth-order valence-electron chi connectivity index (χ4n) is 1.29. The molecule has 0 aliphatic heterocycles. The lowest BCUT2D eigenvalue weighted by Gasteiger charge is -2.06. The lowest BCUT2D eigenvalue weighted by molar-refractivity contribution is 1.09. The Morgan fingerprint density at radius 3 is 2.41 bits per heavy atom.